The van der Waals surface area contributed by atoms with E-state index in [1.54, 1.807) is 0 Å². The van der Waals surface area contributed by atoms with Crippen LogP contribution in [0, 0.1) is 0 Å². The number of nitrogens with zero attached hydrogens (tertiary/aromatic N) is 1. The Morgan fingerprint density at radius 3 is 3.06 bits per heavy atom. The van der Waals surface area contributed by atoms with Crippen molar-refractivity contribution in [1.29, 1.82) is 0 Å². The van der Waals surface area contributed by atoms with Gasteiger partial charge in [0.1, 0.15) is 0 Å². The van der Waals surface area contributed by atoms with Crippen molar-refractivity contribution in [2.45, 2.75) is 38.3 Å². The average molecular weight is 215 g/mol. The lowest BCUT2D eigenvalue weighted by atomic mass is 9.78. The number of aromatic nitrogens is 2. The van der Waals surface area contributed by atoms with Gasteiger partial charge < -0.3 is 5.32 Å². The number of fused-ring (bicyclic) bond motifs is 1. The minimum atomic E-state index is 0.378. The Balaban J connectivity index is 1.73. The lowest BCUT2D eigenvalue weighted by Crippen LogP contribution is -2.47. The third-order valence-corrected chi connectivity index (χ3v) is 3.68. The van der Waals surface area contributed by atoms with Gasteiger partial charge in [0.25, 0.3) is 0 Å². The summed E-state index contributed by atoms with van der Waals surface area (Å²) in [5.41, 5.74) is 2.83. The van der Waals surface area contributed by atoms with Gasteiger partial charge in [-0.05, 0) is 37.8 Å². The minimum absolute atomic E-state index is 0.378. The molecule has 0 radical (unpaired) electrons. The molecule has 1 aromatic heterocycles. The van der Waals surface area contributed by atoms with E-state index in [1.807, 2.05) is 6.20 Å². The highest BCUT2D eigenvalue weighted by Crippen LogP contribution is 2.31. The maximum Gasteiger partial charge on any atom is 0.0653 e. The summed E-state index contributed by atoms with van der Waals surface area (Å²) in [6, 6.07) is 6.48. The van der Waals surface area contributed by atoms with E-state index in [0.29, 0.717) is 5.54 Å². The van der Waals surface area contributed by atoms with Gasteiger partial charge >= 0.3 is 0 Å². The summed E-state index contributed by atoms with van der Waals surface area (Å²) < 4.78 is 0. The average Bonchev–Trinajstić information content (AvgIpc) is 2.70. The summed E-state index contributed by atoms with van der Waals surface area (Å²) >= 11 is 0. The molecule has 3 heteroatoms. The van der Waals surface area contributed by atoms with Gasteiger partial charge in [0, 0.05) is 17.5 Å². The van der Waals surface area contributed by atoms with E-state index in [1.165, 1.54) is 30.2 Å². The molecular weight excluding hydrogens is 198 g/mol. The van der Waals surface area contributed by atoms with E-state index in [2.05, 4.69) is 40.6 Å². The molecule has 2 aromatic rings. The van der Waals surface area contributed by atoms with Crippen LogP contribution in [0.25, 0.3) is 10.9 Å². The quantitative estimate of drug-likeness (QED) is 0.826. The summed E-state index contributed by atoms with van der Waals surface area (Å²) in [6.07, 6.45) is 5.83. The second-order valence-electron chi connectivity index (χ2n) is 5.06. The van der Waals surface area contributed by atoms with Gasteiger partial charge in [-0.15, -0.1) is 0 Å². The van der Waals surface area contributed by atoms with Crippen molar-refractivity contribution >= 4 is 10.9 Å². The van der Waals surface area contributed by atoms with Crippen LogP contribution in [0.1, 0.15) is 31.7 Å². The summed E-state index contributed by atoms with van der Waals surface area (Å²) in [4.78, 5) is 0. The Labute approximate surface area is 95.2 Å². The molecule has 0 saturated heterocycles. The van der Waals surface area contributed by atoms with Crippen molar-refractivity contribution in [3.05, 3.63) is 30.0 Å². The van der Waals surface area contributed by atoms with Crippen LogP contribution in [0.4, 0.5) is 0 Å². The number of nitrogens with one attached hydrogen (secondary N) is 2. The lowest BCUT2D eigenvalue weighted by molar-refractivity contribution is 0.207. The fraction of sp³-hybridized carbons (Fsp3) is 0.462. The maximum atomic E-state index is 4.03. The van der Waals surface area contributed by atoms with E-state index in [4.69, 9.17) is 0 Å². The molecule has 0 unspecified atom stereocenters. The molecule has 1 saturated carbocycles. The van der Waals surface area contributed by atoms with Crippen molar-refractivity contribution in [2.75, 3.05) is 0 Å². The molecule has 1 aliphatic rings. The van der Waals surface area contributed by atoms with Gasteiger partial charge in [-0.1, -0.05) is 12.1 Å². The van der Waals surface area contributed by atoms with Crippen molar-refractivity contribution in [3.63, 3.8) is 0 Å². The van der Waals surface area contributed by atoms with Crippen LogP contribution in [-0.4, -0.2) is 15.7 Å². The third kappa shape index (κ3) is 1.71. The first-order valence-electron chi connectivity index (χ1n) is 5.92. The highest BCUT2D eigenvalue weighted by Gasteiger charge is 2.30. The molecule has 1 aliphatic carbocycles. The predicted molar refractivity (Wildman–Crippen MR) is 65.2 cm³/mol. The third-order valence-electron chi connectivity index (χ3n) is 3.68. The highest BCUT2D eigenvalue weighted by molar-refractivity contribution is 5.78. The number of rotatable bonds is 3. The number of benzene rings is 1. The molecule has 0 bridgehead atoms. The first-order chi connectivity index (χ1) is 7.75. The zero-order chi connectivity index (χ0) is 11.0. The Kier molecular flexibility index (Phi) is 2.21. The SMILES string of the molecule is CC1(NCc2ccc3cn[nH]c3c2)CCC1. The fourth-order valence-electron chi connectivity index (χ4n) is 2.29. The number of aromatic amines is 1. The summed E-state index contributed by atoms with van der Waals surface area (Å²) in [5.74, 6) is 0. The molecule has 1 heterocycles. The molecule has 0 atom stereocenters. The van der Waals surface area contributed by atoms with Gasteiger partial charge in [-0.3, -0.25) is 5.10 Å². The predicted octanol–water partition coefficient (Wildman–Crippen LogP) is 2.60. The van der Waals surface area contributed by atoms with Gasteiger partial charge in [-0.2, -0.15) is 5.10 Å². The monoisotopic (exact) mass is 215 g/mol. The highest BCUT2D eigenvalue weighted by atomic mass is 15.1. The van der Waals surface area contributed by atoms with Gasteiger partial charge in [0.2, 0.25) is 0 Å². The molecule has 84 valence electrons. The maximum absolute atomic E-state index is 4.03. The van der Waals surface area contributed by atoms with Gasteiger partial charge in [0.15, 0.2) is 0 Å². The second kappa shape index (κ2) is 3.59. The van der Waals surface area contributed by atoms with Gasteiger partial charge in [-0.25, -0.2) is 0 Å². The van der Waals surface area contributed by atoms with E-state index in [9.17, 15) is 0 Å². The number of hydrogen-bond donors (Lipinski definition) is 2. The minimum Gasteiger partial charge on any atom is -0.307 e. The topological polar surface area (TPSA) is 40.7 Å². The fourth-order valence-corrected chi connectivity index (χ4v) is 2.29. The van der Waals surface area contributed by atoms with Crippen LogP contribution in [0.5, 0.6) is 0 Å². The van der Waals surface area contributed by atoms with E-state index < -0.39 is 0 Å². The Hall–Kier alpha value is -1.35. The molecular formula is C13H17N3. The number of hydrogen-bond acceptors (Lipinski definition) is 2. The van der Waals surface area contributed by atoms with Crippen molar-refractivity contribution in [2.24, 2.45) is 0 Å². The lowest BCUT2D eigenvalue weighted by Gasteiger charge is -2.39. The van der Waals surface area contributed by atoms with E-state index in [-0.39, 0.29) is 0 Å². The normalized spacial score (nSPS) is 18.6. The summed E-state index contributed by atoms with van der Waals surface area (Å²) in [6.45, 7) is 3.26. The molecule has 0 aliphatic heterocycles. The smallest absolute Gasteiger partial charge is 0.0653 e. The summed E-state index contributed by atoms with van der Waals surface area (Å²) in [5, 5.41) is 11.9. The number of H-pyrrole nitrogens is 1. The molecule has 0 spiro atoms. The van der Waals surface area contributed by atoms with E-state index in [0.717, 1.165) is 12.1 Å². The van der Waals surface area contributed by atoms with Gasteiger partial charge in [0.05, 0.1) is 11.7 Å². The van der Waals surface area contributed by atoms with Crippen LogP contribution in [0.15, 0.2) is 24.4 Å². The molecule has 1 aromatic carbocycles. The molecule has 1 fully saturated rings. The largest absolute Gasteiger partial charge is 0.307 e. The zero-order valence-corrected chi connectivity index (χ0v) is 9.59. The van der Waals surface area contributed by atoms with Crippen molar-refractivity contribution in [1.82, 2.24) is 15.5 Å². The molecule has 16 heavy (non-hydrogen) atoms. The standard InChI is InChI=1S/C13H17N3/c1-13(5-2-6-13)14-8-10-3-4-11-9-15-16-12(11)7-10/h3-4,7,9,14H,2,5-6,8H2,1H3,(H,15,16). The van der Waals surface area contributed by atoms with Crippen LogP contribution < -0.4 is 5.32 Å². The van der Waals surface area contributed by atoms with Crippen molar-refractivity contribution < 1.29 is 0 Å². The van der Waals surface area contributed by atoms with Crippen molar-refractivity contribution in [3.8, 4) is 0 Å². The molecule has 3 rings (SSSR count). The summed E-state index contributed by atoms with van der Waals surface area (Å²) in [7, 11) is 0. The molecule has 0 amide bonds. The molecule has 2 N–H and O–H groups in total. The Morgan fingerprint density at radius 1 is 1.44 bits per heavy atom. The Morgan fingerprint density at radius 2 is 2.31 bits per heavy atom. The Bertz CT molecular complexity index is 497. The second-order valence-corrected chi connectivity index (χ2v) is 5.06. The zero-order valence-electron chi connectivity index (χ0n) is 9.59. The first kappa shape index (κ1) is 9.85. The van der Waals surface area contributed by atoms with Crippen LogP contribution in [-0.2, 0) is 6.54 Å². The van der Waals surface area contributed by atoms with E-state index >= 15 is 0 Å². The van der Waals surface area contributed by atoms with Crippen LogP contribution in [0.3, 0.4) is 0 Å². The van der Waals surface area contributed by atoms with Crippen LogP contribution in [0.2, 0.25) is 0 Å². The molecule has 3 nitrogen and oxygen atoms in total. The first-order valence-corrected chi connectivity index (χ1v) is 5.92. The van der Waals surface area contributed by atoms with Crippen LogP contribution >= 0.6 is 0 Å².